The standard InChI is InChI=1S/C23H16BrClN4O/c24-16-8-12-19(13-9-16)29-22(15-6-10-17(25)11-7-15)28-21(20(14-26)23(29)30)27-18-4-2-1-3-5-18/h1-14,26-27H. The van der Waals surface area contributed by atoms with Crippen molar-refractivity contribution in [1.29, 1.82) is 5.41 Å². The van der Waals surface area contributed by atoms with Gasteiger partial charge in [-0.2, -0.15) is 0 Å². The minimum atomic E-state index is -0.342. The Hall–Kier alpha value is -3.22. The number of hydrogen-bond acceptors (Lipinski definition) is 4. The number of nitrogens with zero attached hydrogens (tertiary/aromatic N) is 2. The first kappa shape index (κ1) is 20.1. The lowest BCUT2D eigenvalue weighted by Gasteiger charge is -2.17. The van der Waals surface area contributed by atoms with Gasteiger partial charge in [0.15, 0.2) is 0 Å². The Morgan fingerprint density at radius 2 is 1.63 bits per heavy atom. The van der Waals surface area contributed by atoms with Crippen LogP contribution in [0.15, 0.2) is 88.1 Å². The number of anilines is 2. The van der Waals surface area contributed by atoms with Crippen molar-refractivity contribution in [3.05, 3.63) is 104 Å². The number of para-hydroxylation sites is 1. The number of nitrogens with one attached hydrogen (secondary N) is 2. The van der Waals surface area contributed by atoms with Crippen molar-refractivity contribution in [1.82, 2.24) is 9.55 Å². The van der Waals surface area contributed by atoms with E-state index < -0.39 is 0 Å². The molecule has 0 fully saturated rings. The van der Waals surface area contributed by atoms with Gasteiger partial charge in [0, 0.05) is 27.0 Å². The summed E-state index contributed by atoms with van der Waals surface area (Å²) in [5, 5.41) is 11.6. The molecule has 0 spiro atoms. The van der Waals surface area contributed by atoms with Gasteiger partial charge in [0.2, 0.25) is 0 Å². The molecule has 0 atom stereocenters. The van der Waals surface area contributed by atoms with Crippen molar-refractivity contribution < 1.29 is 0 Å². The summed E-state index contributed by atoms with van der Waals surface area (Å²) in [5.41, 5.74) is 1.98. The summed E-state index contributed by atoms with van der Waals surface area (Å²) in [6, 6.07) is 23.9. The Kier molecular flexibility index (Phi) is 5.79. The fourth-order valence-electron chi connectivity index (χ4n) is 3.04. The van der Waals surface area contributed by atoms with Gasteiger partial charge in [-0.15, -0.1) is 0 Å². The van der Waals surface area contributed by atoms with Gasteiger partial charge in [0.25, 0.3) is 5.56 Å². The number of rotatable bonds is 5. The predicted octanol–water partition coefficient (Wildman–Crippen LogP) is 6.06. The highest BCUT2D eigenvalue weighted by Gasteiger charge is 2.18. The zero-order chi connectivity index (χ0) is 21.1. The molecule has 1 heterocycles. The van der Waals surface area contributed by atoms with Gasteiger partial charge in [-0.05, 0) is 60.7 Å². The largest absolute Gasteiger partial charge is 0.339 e. The third-order valence-electron chi connectivity index (χ3n) is 4.49. The molecular formula is C23H16BrClN4O. The summed E-state index contributed by atoms with van der Waals surface area (Å²) in [6.45, 7) is 0. The van der Waals surface area contributed by atoms with E-state index in [9.17, 15) is 4.79 Å². The molecule has 0 bridgehead atoms. The highest BCUT2D eigenvalue weighted by atomic mass is 79.9. The van der Waals surface area contributed by atoms with Gasteiger partial charge < -0.3 is 10.7 Å². The van der Waals surface area contributed by atoms with Crippen molar-refractivity contribution in [2.45, 2.75) is 0 Å². The third kappa shape index (κ3) is 4.06. The Balaban J connectivity index is 1.98. The number of benzene rings is 3. The maximum atomic E-state index is 13.5. The molecule has 7 heteroatoms. The van der Waals surface area contributed by atoms with E-state index >= 15 is 0 Å². The van der Waals surface area contributed by atoms with Gasteiger partial charge in [-0.1, -0.05) is 45.7 Å². The van der Waals surface area contributed by atoms with Crippen LogP contribution in [-0.2, 0) is 0 Å². The lowest BCUT2D eigenvalue weighted by Crippen LogP contribution is -2.26. The summed E-state index contributed by atoms with van der Waals surface area (Å²) in [6.07, 6.45) is 1.03. The van der Waals surface area contributed by atoms with Crippen LogP contribution in [0.5, 0.6) is 0 Å². The molecule has 3 aromatic carbocycles. The zero-order valence-electron chi connectivity index (χ0n) is 15.6. The first-order chi connectivity index (χ1) is 14.6. The van der Waals surface area contributed by atoms with Crippen LogP contribution in [-0.4, -0.2) is 15.8 Å². The normalized spacial score (nSPS) is 10.6. The van der Waals surface area contributed by atoms with E-state index in [0.29, 0.717) is 22.4 Å². The minimum absolute atomic E-state index is 0.166. The second-order valence-electron chi connectivity index (χ2n) is 6.46. The SMILES string of the molecule is N=Cc1c(Nc2ccccc2)nc(-c2ccc(Cl)cc2)n(-c2ccc(Br)cc2)c1=O. The Morgan fingerprint density at radius 3 is 2.27 bits per heavy atom. The molecule has 0 saturated heterocycles. The Labute approximate surface area is 186 Å². The predicted molar refractivity (Wildman–Crippen MR) is 126 cm³/mol. The first-order valence-corrected chi connectivity index (χ1v) is 10.3. The molecule has 0 aliphatic heterocycles. The van der Waals surface area contributed by atoms with E-state index in [1.807, 2.05) is 66.7 Å². The molecule has 30 heavy (non-hydrogen) atoms. The topological polar surface area (TPSA) is 70.8 Å². The molecule has 0 aliphatic carbocycles. The second-order valence-corrected chi connectivity index (χ2v) is 7.81. The second kappa shape index (κ2) is 8.65. The third-order valence-corrected chi connectivity index (χ3v) is 5.27. The summed E-state index contributed by atoms with van der Waals surface area (Å²) in [7, 11) is 0. The van der Waals surface area contributed by atoms with E-state index in [1.54, 1.807) is 12.1 Å². The number of hydrogen-bond donors (Lipinski definition) is 2. The van der Waals surface area contributed by atoms with Crippen molar-refractivity contribution in [3.8, 4) is 17.1 Å². The van der Waals surface area contributed by atoms with Crippen LogP contribution in [0.2, 0.25) is 5.02 Å². The highest BCUT2D eigenvalue weighted by Crippen LogP contribution is 2.26. The molecule has 0 amide bonds. The highest BCUT2D eigenvalue weighted by molar-refractivity contribution is 9.10. The van der Waals surface area contributed by atoms with Crippen LogP contribution in [0.25, 0.3) is 17.1 Å². The quantitative estimate of drug-likeness (QED) is 0.342. The monoisotopic (exact) mass is 478 g/mol. The zero-order valence-corrected chi connectivity index (χ0v) is 18.0. The van der Waals surface area contributed by atoms with E-state index in [1.165, 1.54) is 4.57 Å². The number of aromatic nitrogens is 2. The fourth-order valence-corrected chi connectivity index (χ4v) is 3.43. The van der Waals surface area contributed by atoms with Gasteiger partial charge in [-0.3, -0.25) is 9.36 Å². The van der Waals surface area contributed by atoms with Gasteiger partial charge >= 0.3 is 0 Å². The van der Waals surface area contributed by atoms with Crippen LogP contribution in [0.4, 0.5) is 11.5 Å². The Morgan fingerprint density at radius 1 is 0.967 bits per heavy atom. The smallest absolute Gasteiger partial charge is 0.269 e. The van der Waals surface area contributed by atoms with Crippen LogP contribution in [0.1, 0.15) is 5.56 Å². The van der Waals surface area contributed by atoms with Crippen molar-refractivity contribution in [2.24, 2.45) is 0 Å². The van der Waals surface area contributed by atoms with Crippen molar-refractivity contribution in [2.75, 3.05) is 5.32 Å². The van der Waals surface area contributed by atoms with E-state index in [4.69, 9.17) is 22.0 Å². The maximum absolute atomic E-state index is 13.5. The molecule has 0 unspecified atom stereocenters. The lowest BCUT2D eigenvalue weighted by atomic mass is 10.1. The van der Waals surface area contributed by atoms with Gasteiger partial charge in [-0.25, -0.2) is 4.98 Å². The maximum Gasteiger partial charge on any atom is 0.269 e. The summed E-state index contributed by atoms with van der Waals surface area (Å²) >= 11 is 9.48. The van der Waals surface area contributed by atoms with E-state index in [2.05, 4.69) is 21.2 Å². The van der Waals surface area contributed by atoms with Crippen molar-refractivity contribution >= 4 is 45.3 Å². The minimum Gasteiger partial charge on any atom is -0.339 e. The molecule has 1 aromatic heterocycles. The molecule has 0 radical (unpaired) electrons. The lowest BCUT2D eigenvalue weighted by molar-refractivity contribution is 0.947. The molecule has 4 aromatic rings. The van der Waals surface area contributed by atoms with Gasteiger partial charge in [0.05, 0.1) is 5.69 Å². The van der Waals surface area contributed by atoms with Gasteiger partial charge in [0.1, 0.15) is 17.2 Å². The van der Waals surface area contributed by atoms with Crippen LogP contribution >= 0.6 is 27.5 Å². The molecule has 0 aliphatic rings. The van der Waals surface area contributed by atoms with E-state index in [-0.39, 0.29) is 11.1 Å². The van der Waals surface area contributed by atoms with Crippen molar-refractivity contribution in [3.63, 3.8) is 0 Å². The summed E-state index contributed by atoms with van der Waals surface area (Å²) < 4.78 is 2.40. The molecule has 2 N–H and O–H groups in total. The first-order valence-electron chi connectivity index (χ1n) is 9.08. The molecule has 148 valence electrons. The average molecular weight is 480 g/mol. The van der Waals surface area contributed by atoms with Crippen LogP contribution in [0, 0.1) is 5.41 Å². The summed E-state index contributed by atoms with van der Waals surface area (Å²) in [4.78, 5) is 18.2. The number of halogens is 2. The fraction of sp³-hybridized carbons (Fsp3) is 0. The molecular weight excluding hydrogens is 464 g/mol. The Bertz CT molecular complexity index is 1250. The summed E-state index contributed by atoms with van der Waals surface area (Å²) in [5.74, 6) is 0.766. The van der Waals surface area contributed by atoms with Crippen LogP contribution < -0.4 is 10.9 Å². The molecule has 0 saturated carbocycles. The molecule has 4 rings (SSSR count). The average Bonchev–Trinajstić information content (AvgIpc) is 2.76. The molecule has 5 nitrogen and oxygen atoms in total. The van der Waals surface area contributed by atoms with Crippen LogP contribution in [0.3, 0.4) is 0 Å². The van der Waals surface area contributed by atoms with E-state index in [0.717, 1.165) is 21.9 Å².